The predicted octanol–water partition coefficient (Wildman–Crippen LogP) is -0.406. The van der Waals surface area contributed by atoms with Crippen LogP contribution < -0.4 is 11.2 Å². The van der Waals surface area contributed by atoms with Gasteiger partial charge in [-0.15, -0.1) is 0 Å². The Balaban J connectivity index is 3.88. The largest absolute Gasteiger partial charge is 0.384 e. The number of hydrogen-bond acceptors (Lipinski definition) is 3. The van der Waals surface area contributed by atoms with E-state index in [1.54, 1.807) is 7.05 Å². The lowest BCUT2D eigenvalue weighted by Crippen LogP contribution is -2.37. The first kappa shape index (κ1) is 10.2. The first-order valence-electron chi connectivity index (χ1n) is 3.20. The second-order valence-corrected chi connectivity index (χ2v) is 2.03. The van der Waals surface area contributed by atoms with E-state index in [2.05, 4.69) is 23.6 Å². The smallest absolute Gasteiger partial charge is 0.261 e. The Hall–Kier alpha value is -1.78. The van der Waals surface area contributed by atoms with Gasteiger partial charge in [0, 0.05) is 7.05 Å². The van der Waals surface area contributed by atoms with Gasteiger partial charge in [0.05, 0.1) is 0 Å². The summed E-state index contributed by atoms with van der Waals surface area (Å²) in [7, 11) is 1.60. The zero-order valence-corrected chi connectivity index (χ0v) is 6.95. The number of nitrogens with two attached hydrogens (primary N) is 1. The minimum Gasteiger partial charge on any atom is -0.384 e. The molecule has 0 rings (SSSR count). The summed E-state index contributed by atoms with van der Waals surface area (Å²) in [5.41, 5.74) is 7.57. The Morgan fingerprint density at radius 2 is 2.33 bits per heavy atom. The first-order valence-corrected chi connectivity index (χ1v) is 3.20. The third-order valence-corrected chi connectivity index (χ3v) is 0.869. The highest BCUT2D eigenvalue weighted by atomic mass is 16.2. The Kier molecular flexibility index (Phi) is 4.21. The highest BCUT2D eigenvalue weighted by Crippen LogP contribution is 1.78. The van der Waals surface area contributed by atoms with Gasteiger partial charge in [0.25, 0.3) is 5.91 Å². The van der Waals surface area contributed by atoms with E-state index in [1.165, 1.54) is 11.3 Å². The quantitative estimate of drug-likeness (QED) is 0.259. The summed E-state index contributed by atoms with van der Waals surface area (Å²) in [5, 5.41) is 1.35. The molecule has 0 atom stereocenters. The number of amides is 1. The van der Waals surface area contributed by atoms with Crippen LogP contribution in [0.15, 0.2) is 30.0 Å². The Bertz CT molecular complexity index is 221. The molecule has 0 aromatic rings. The lowest BCUT2D eigenvalue weighted by Gasteiger charge is -2.12. The van der Waals surface area contributed by atoms with E-state index in [-0.39, 0.29) is 11.7 Å². The third kappa shape index (κ3) is 5.04. The lowest BCUT2D eigenvalue weighted by molar-refractivity contribution is -0.119. The highest BCUT2D eigenvalue weighted by Gasteiger charge is 1.94. The van der Waals surface area contributed by atoms with Crippen LogP contribution in [0.25, 0.3) is 0 Å². The molecule has 0 aliphatic rings. The maximum atomic E-state index is 10.7. The first-order chi connectivity index (χ1) is 5.56. The van der Waals surface area contributed by atoms with Crippen LogP contribution in [-0.4, -0.2) is 24.3 Å². The number of nitrogens with one attached hydrogen (secondary N) is 1. The summed E-state index contributed by atoms with van der Waals surface area (Å²) in [6, 6.07) is 0. The molecule has 0 heterocycles. The van der Waals surface area contributed by atoms with Crippen molar-refractivity contribution < 1.29 is 4.79 Å². The van der Waals surface area contributed by atoms with Crippen LogP contribution in [0.2, 0.25) is 0 Å². The fourth-order valence-electron chi connectivity index (χ4n) is 0.409. The van der Waals surface area contributed by atoms with Gasteiger partial charge >= 0.3 is 0 Å². The molecule has 0 bridgehead atoms. The Labute approximate surface area is 71.2 Å². The molecule has 0 fully saturated rings. The molecule has 0 aromatic heterocycles. The average Bonchev–Trinajstić information content (AvgIpc) is 2.00. The van der Waals surface area contributed by atoms with Crippen molar-refractivity contribution in [1.29, 1.82) is 0 Å². The topological polar surface area (TPSA) is 70.7 Å². The molecule has 0 aliphatic heterocycles. The van der Waals surface area contributed by atoms with Crippen molar-refractivity contribution in [2.75, 3.05) is 7.05 Å². The summed E-state index contributed by atoms with van der Waals surface area (Å²) in [4.78, 5) is 14.3. The van der Waals surface area contributed by atoms with Crippen molar-refractivity contribution in [1.82, 2.24) is 10.4 Å². The molecule has 3 N–H and O–H groups in total. The van der Waals surface area contributed by atoms with E-state index < -0.39 is 0 Å². The van der Waals surface area contributed by atoms with Crippen LogP contribution in [-0.2, 0) is 4.79 Å². The SMILES string of the molecule is C=CC(=O)NN(C)/C=N\C(=C)N. The van der Waals surface area contributed by atoms with E-state index in [0.29, 0.717) is 0 Å². The monoisotopic (exact) mass is 168 g/mol. The van der Waals surface area contributed by atoms with Gasteiger partial charge < -0.3 is 5.73 Å². The molecule has 0 unspecified atom stereocenters. The minimum absolute atomic E-state index is 0.176. The fourth-order valence-corrected chi connectivity index (χ4v) is 0.409. The van der Waals surface area contributed by atoms with Crippen LogP contribution in [0.5, 0.6) is 0 Å². The standard InChI is InChI=1S/C7H12N4O/c1-4-7(12)10-11(3)5-9-6(2)8/h4-5H,1-2,8H2,3H3,(H,10,12)/b9-5-. The molecule has 1 amide bonds. The third-order valence-electron chi connectivity index (χ3n) is 0.869. The molecule has 0 aliphatic carbocycles. The highest BCUT2D eigenvalue weighted by molar-refractivity contribution is 5.87. The molecule has 5 nitrogen and oxygen atoms in total. The number of rotatable bonds is 4. The summed E-state index contributed by atoms with van der Waals surface area (Å²) < 4.78 is 0. The van der Waals surface area contributed by atoms with Gasteiger partial charge in [-0.3, -0.25) is 15.2 Å². The number of carbonyl (C=O) groups excluding carboxylic acids is 1. The Morgan fingerprint density at radius 1 is 1.75 bits per heavy atom. The number of hydrazine groups is 1. The van der Waals surface area contributed by atoms with Crippen molar-refractivity contribution in [3.05, 3.63) is 25.1 Å². The van der Waals surface area contributed by atoms with E-state index in [9.17, 15) is 4.79 Å². The molecule has 0 aromatic carbocycles. The normalized spacial score (nSPS) is 9.42. The predicted molar refractivity (Wildman–Crippen MR) is 47.9 cm³/mol. The molecule has 0 saturated heterocycles. The van der Waals surface area contributed by atoms with Crippen LogP contribution in [0, 0.1) is 0 Å². The number of nitrogens with zero attached hydrogens (tertiary/aromatic N) is 2. The van der Waals surface area contributed by atoms with Crippen LogP contribution >= 0.6 is 0 Å². The second-order valence-electron chi connectivity index (χ2n) is 2.03. The van der Waals surface area contributed by atoms with Gasteiger partial charge in [0.15, 0.2) is 0 Å². The molecule has 0 spiro atoms. The molecule has 12 heavy (non-hydrogen) atoms. The Morgan fingerprint density at radius 3 is 2.75 bits per heavy atom. The van der Waals surface area contributed by atoms with E-state index in [1.807, 2.05) is 0 Å². The van der Waals surface area contributed by atoms with Gasteiger partial charge in [-0.2, -0.15) is 0 Å². The molecule has 66 valence electrons. The van der Waals surface area contributed by atoms with Crippen molar-refractivity contribution in [2.45, 2.75) is 0 Å². The van der Waals surface area contributed by atoms with Gasteiger partial charge in [-0.25, -0.2) is 4.99 Å². The molecule has 5 heteroatoms. The summed E-state index contributed by atoms with van der Waals surface area (Å²) in [6.45, 7) is 6.63. The molecular formula is C7H12N4O. The molecular weight excluding hydrogens is 156 g/mol. The number of aliphatic imine (C=N–C) groups is 1. The van der Waals surface area contributed by atoms with Crippen LogP contribution in [0.1, 0.15) is 0 Å². The van der Waals surface area contributed by atoms with Gasteiger partial charge in [0.2, 0.25) is 0 Å². The van der Waals surface area contributed by atoms with Gasteiger partial charge in [-0.05, 0) is 6.08 Å². The van der Waals surface area contributed by atoms with E-state index in [0.717, 1.165) is 6.08 Å². The van der Waals surface area contributed by atoms with Gasteiger partial charge in [0.1, 0.15) is 12.2 Å². The maximum Gasteiger partial charge on any atom is 0.261 e. The minimum atomic E-state index is -0.313. The summed E-state index contributed by atoms with van der Waals surface area (Å²) >= 11 is 0. The van der Waals surface area contributed by atoms with Crippen molar-refractivity contribution >= 4 is 12.2 Å². The zero-order chi connectivity index (χ0) is 9.56. The second kappa shape index (κ2) is 4.95. The lowest BCUT2D eigenvalue weighted by atomic mass is 10.6. The van der Waals surface area contributed by atoms with Gasteiger partial charge in [-0.1, -0.05) is 13.2 Å². The fraction of sp³-hybridized carbons (Fsp3) is 0.143. The summed E-state index contributed by atoms with van der Waals surface area (Å²) in [6.07, 6.45) is 2.49. The van der Waals surface area contributed by atoms with Crippen molar-refractivity contribution in [2.24, 2.45) is 10.7 Å². The maximum absolute atomic E-state index is 10.7. The zero-order valence-electron chi connectivity index (χ0n) is 6.95. The summed E-state index contributed by atoms with van der Waals surface area (Å²) in [5.74, 6) is -0.138. The molecule has 0 saturated carbocycles. The van der Waals surface area contributed by atoms with E-state index in [4.69, 9.17) is 5.73 Å². The number of carbonyl (C=O) groups is 1. The molecule has 0 radical (unpaired) electrons. The van der Waals surface area contributed by atoms with E-state index >= 15 is 0 Å². The van der Waals surface area contributed by atoms with Crippen molar-refractivity contribution in [3.8, 4) is 0 Å². The average molecular weight is 168 g/mol. The van der Waals surface area contributed by atoms with Crippen LogP contribution in [0.4, 0.5) is 0 Å². The van der Waals surface area contributed by atoms with Crippen molar-refractivity contribution in [3.63, 3.8) is 0 Å². The van der Waals surface area contributed by atoms with Crippen LogP contribution in [0.3, 0.4) is 0 Å². The number of hydrogen-bond donors (Lipinski definition) is 2.